The van der Waals surface area contributed by atoms with Crippen LogP contribution in [0.1, 0.15) is 38.2 Å². The Morgan fingerprint density at radius 3 is 2.28 bits per heavy atom. The highest BCUT2D eigenvalue weighted by Crippen LogP contribution is 2.22. The maximum atomic E-state index is 13.5. The Morgan fingerprint density at radius 2 is 1.58 bits per heavy atom. The van der Waals surface area contributed by atoms with Crippen molar-refractivity contribution in [2.45, 2.75) is 56.1 Å². The van der Waals surface area contributed by atoms with Gasteiger partial charge in [0.05, 0.1) is 11.4 Å². The van der Waals surface area contributed by atoms with Crippen LogP contribution in [-0.4, -0.2) is 55.1 Å². The highest BCUT2D eigenvalue weighted by Gasteiger charge is 2.31. The third-order valence-corrected chi connectivity index (χ3v) is 8.65. The van der Waals surface area contributed by atoms with Gasteiger partial charge in [-0.15, -0.1) is 0 Å². The second-order valence-electron chi connectivity index (χ2n) is 9.44. The number of sulfonamides is 1. The normalized spacial score (nSPS) is 15.2. The van der Waals surface area contributed by atoms with Crippen molar-refractivity contribution in [3.05, 3.63) is 78.4 Å². The number of carbonyl (C=O) groups excluding carboxylic acids is 2. The summed E-state index contributed by atoms with van der Waals surface area (Å²) in [5.41, 5.74) is 0.867. The third-order valence-electron chi connectivity index (χ3n) is 6.85. The Hall–Kier alpha value is -3.23. The van der Waals surface area contributed by atoms with Crippen molar-refractivity contribution in [1.29, 1.82) is 0 Å². The van der Waals surface area contributed by atoms with E-state index in [1.807, 2.05) is 54.6 Å². The summed E-state index contributed by atoms with van der Waals surface area (Å²) in [6.45, 7) is 1.54. The standard InChI is InChI=1S/C28H33N3O4S/c1-21(28(33)29-25-14-8-9-15-25)31(19-22-10-4-3-5-11-22)27(32)20-30(2)36(34,35)26-17-16-23-12-6-7-13-24(23)18-26/h3-7,10-13,16-18,21,25H,8-9,14-15,19-20H2,1-2H3,(H,29,33)/t21-/m1/s1. The van der Waals surface area contributed by atoms with Crippen molar-refractivity contribution >= 4 is 32.6 Å². The van der Waals surface area contributed by atoms with Crippen LogP contribution in [0.3, 0.4) is 0 Å². The summed E-state index contributed by atoms with van der Waals surface area (Å²) in [5.74, 6) is -0.647. The molecule has 0 spiro atoms. The van der Waals surface area contributed by atoms with Gasteiger partial charge in [0.2, 0.25) is 21.8 Å². The van der Waals surface area contributed by atoms with E-state index in [9.17, 15) is 18.0 Å². The number of nitrogens with one attached hydrogen (secondary N) is 1. The molecule has 0 unspecified atom stereocenters. The number of benzene rings is 3. The van der Waals surface area contributed by atoms with Crippen molar-refractivity contribution in [2.24, 2.45) is 0 Å². The summed E-state index contributed by atoms with van der Waals surface area (Å²) >= 11 is 0. The topological polar surface area (TPSA) is 86.8 Å². The summed E-state index contributed by atoms with van der Waals surface area (Å²) in [7, 11) is -2.52. The minimum absolute atomic E-state index is 0.123. The molecule has 0 bridgehead atoms. The Bertz CT molecular complexity index is 1320. The summed E-state index contributed by atoms with van der Waals surface area (Å²) in [6, 6.07) is 21.2. The SMILES string of the molecule is C[C@H](C(=O)NC1CCCC1)N(Cc1ccccc1)C(=O)CN(C)S(=O)(=O)c1ccc2ccccc2c1. The van der Waals surface area contributed by atoms with Crippen LogP contribution in [0.2, 0.25) is 0 Å². The number of fused-ring (bicyclic) bond motifs is 1. The number of carbonyl (C=O) groups is 2. The van der Waals surface area contributed by atoms with Gasteiger partial charge in [-0.05, 0) is 48.2 Å². The number of hydrogen-bond donors (Lipinski definition) is 1. The minimum atomic E-state index is -3.91. The molecule has 1 aliphatic carbocycles. The first-order chi connectivity index (χ1) is 17.3. The number of likely N-dealkylation sites (N-methyl/N-ethyl adjacent to an activating group) is 1. The van der Waals surface area contributed by atoms with Crippen molar-refractivity contribution in [3.8, 4) is 0 Å². The zero-order valence-corrected chi connectivity index (χ0v) is 21.6. The maximum absolute atomic E-state index is 13.5. The molecule has 0 radical (unpaired) electrons. The molecule has 2 amide bonds. The van der Waals surface area contributed by atoms with Gasteiger partial charge in [-0.1, -0.05) is 73.5 Å². The van der Waals surface area contributed by atoms with Gasteiger partial charge in [0.1, 0.15) is 6.04 Å². The molecule has 0 aliphatic heterocycles. The van der Waals surface area contributed by atoms with Gasteiger partial charge < -0.3 is 10.2 Å². The molecule has 1 saturated carbocycles. The number of nitrogens with zero attached hydrogens (tertiary/aromatic N) is 2. The largest absolute Gasteiger partial charge is 0.352 e. The van der Waals surface area contributed by atoms with Crippen LogP contribution in [-0.2, 0) is 26.2 Å². The van der Waals surface area contributed by atoms with Crippen molar-refractivity contribution in [3.63, 3.8) is 0 Å². The zero-order valence-electron chi connectivity index (χ0n) is 20.8. The van der Waals surface area contributed by atoms with Gasteiger partial charge in [0.25, 0.3) is 0 Å². The smallest absolute Gasteiger partial charge is 0.243 e. The molecular formula is C28H33N3O4S. The van der Waals surface area contributed by atoms with E-state index in [1.165, 1.54) is 11.9 Å². The van der Waals surface area contributed by atoms with E-state index in [0.717, 1.165) is 46.3 Å². The summed E-state index contributed by atoms with van der Waals surface area (Å²) < 4.78 is 27.7. The Kier molecular flexibility index (Phi) is 8.06. The van der Waals surface area contributed by atoms with E-state index in [1.54, 1.807) is 25.1 Å². The molecule has 7 nitrogen and oxygen atoms in total. The van der Waals surface area contributed by atoms with E-state index in [4.69, 9.17) is 0 Å². The van der Waals surface area contributed by atoms with Crippen LogP contribution in [0.4, 0.5) is 0 Å². The number of hydrogen-bond acceptors (Lipinski definition) is 4. The lowest BCUT2D eigenvalue weighted by Gasteiger charge is -2.31. The quantitative estimate of drug-likeness (QED) is 0.475. The average molecular weight is 508 g/mol. The van der Waals surface area contributed by atoms with Crippen LogP contribution in [0.15, 0.2) is 77.7 Å². The molecular weight excluding hydrogens is 474 g/mol. The number of amides is 2. The highest BCUT2D eigenvalue weighted by atomic mass is 32.2. The second kappa shape index (κ2) is 11.2. The van der Waals surface area contributed by atoms with Gasteiger partial charge >= 0.3 is 0 Å². The first kappa shape index (κ1) is 25.9. The highest BCUT2D eigenvalue weighted by molar-refractivity contribution is 7.89. The molecule has 3 aromatic carbocycles. The fourth-order valence-electron chi connectivity index (χ4n) is 4.63. The van der Waals surface area contributed by atoms with Gasteiger partial charge in [0.15, 0.2) is 0 Å². The van der Waals surface area contributed by atoms with E-state index in [2.05, 4.69) is 5.32 Å². The Labute approximate surface area is 213 Å². The number of rotatable bonds is 9. The maximum Gasteiger partial charge on any atom is 0.243 e. The fraction of sp³-hybridized carbons (Fsp3) is 0.357. The molecule has 3 aromatic rings. The van der Waals surface area contributed by atoms with Crippen molar-refractivity contribution in [2.75, 3.05) is 13.6 Å². The molecule has 0 aromatic heterocycles. The zero-order chi connectivity index (χ0) is 25.7. The monoisotopic (exact) mass is 507 g/mol. The van der Waals surface area contributed by atoms with Crippen LogP contribution in [0.5, 0.6) is 0 Å². The lowest BCUT2D eigenvalue weighted by molar-refractivity contribution is -0.140. The molecule has 4 rings (SSSR count). The predicted molar refractivity (Wildman–Crippen MR) is 141 cm³/mol. The lowest BCUT2D eigenvalue weighted by Crippen LogP contribution is -2.52. The molecule has 0 saturated heterocycles. The van der Waals surface area contributed by atoms with Crippen molar-refractivity contribution in [1.82, 2.24) is 14.5 Å². The van der Waals surface area contributed by atoms with Crippen LogP contribution >= 0.6 is 0 Å². The Balaban J connectivity index is 1.53. The molecule has 36 heavy (non-hydrogen) atoms. The van der Waals surface area contributed by atoms with Crippen molar-refractivity contribution < 1.29 is 18.0 Å². The summed E-state index contributed by atoms with van der Waals surface area (Å²) in [5, 5.41) is 4.80. The molecule has 1 atom stereocenters. The molecule has 0 heterocycles. The minimum Gasteiger partial charge on any atom is -0.352 e. The van der Waals surface area contributed by atoms with E-state index in [0.29, 0.717) is 0 Å². The summed E-state index contributed by atoms with van der Waals surface area (Å²) in [6.07, 6.45) is 4.06. The van der Waals surface area contributed by atoms with E-state index in [-0.39, 0.29) is 29.9 Å². The van der Waals surface area contributed by atoms with Gasteiger partial charge in [0, 0.05) is 19.6 Å². The van der Waals surface area contributed by atoms with Gasteiger partial charge in [-0.3, -0.25) is 9.59 Å². The summed E-state index contributed by atoms with van der Waals surface area (Å²) in [4.78, 5) is 28.1. The van der Waals surface area contributed by atoms with Crippen LogP contribution < -0.4 is 5.32 Å². The van der Waals surface area contributed by atoms with Gasteiger partial charge in [-0.25, -0.2) is 8.42 Å². The molecule has 1 N–H and O–H groups in total. The first-order valence-corrected chi connectivity index (χ1v) is 13.8. The Morgan fingerprint density at radius 1 is 0.944 bits per heavy atom. The van der Waals surface area contributed by atoms with Crippen LogP contribution in [0.25, 0.3) is 10.8 Å². The van der Waals surface area contributed by atoms with Gasteiger partial charge in [-0.2, -0.15) is 4.31 Å². The predicted octanol–water partition coefficient (Wildman–Crippen LogP) is 3.94. The third kappa shape index (κ3) is 5.94. The fourth-order valence-corrected chi connectivity index (χ4v) is 5.78. The second-order valence-corrected chi connectivity index (χ2v) is 11.5. The average Bonchev–Trinajstić information content (AvgIpc) is 3.40. The molecule has 1 fully saturated rings. The van der Waals surface area contributed by atoms with Crippen LogP contribution in [0, 0.1) is 0 Å². The lowest BCUT2D eigenvalue weighted by atomic mass is 10.1. The molecule has 8 heteroatoms. The van der Waals surface area contributed by atoms with E-state index < -0.39 is 22.0 Å². The first-order valence-electron chi connectivity index (χ1n) is 12.3. The molecule has 190 valence electrons. The van der Waals surface area contributed by atoms with E-state index >= 15 is 0 Å². The molecule has 1 aliphatic rings.